The molecule has 0 aromatic rings. The van der Waals surface area contributed by atoms with E-state index in [0.717, 1.165) is 19.5 Å². The molecule has 0 radical (unpaired) electrons. The Kier molecular flexibility index (Phi) is 2.83. The predicted octanol–water partition coefficient (Wildman–Crippen LogP) is 1.68. The Balaban J connectivity index is 2.65. The normalized spacial score (nSPS) is 20.5. The van der Waals surface area contributed by atoms with Gasteiger partial charge in [0.2, 0.25) is 0 Å². The van der Waals surface area contributed by atoms with Crippen LogP contribution in [0.5, 0.6) is 0 Å². The minimum absolute atomic E-state index is 0.978. The Morgan fingerprint density at radius 3 is 2.91 bits per heavy atom. The standard InChI is InChI=1S/C9H16N2/c1-3-11-5-4-8(2)9(6-10)7-11/h6,10H,3-5,7H2,1-2H3. The fourth-order valence-electron chi connectivity index (χ4n) is 1.38. The smallest absolute Gasteiger partial charge is 0.0248 e. The fraction of sp³-hybridized carbons (Fsp3) is 0.667. The first-order valence-electron chi connectivity index (χ1n) is 4.19. The van der Waals surface area contributed by atoms with E-state index in [-0.39, 0.29) is 0 Å². The highest BCUT2D eigenvalue weighted by molar-refractivity contribution is 5.77. The second-order valence-electron chi connectivity index (χ2n) is 3.07. The van der Waals surface area contributed by atoms with Gasteiger partial charge in [0.1, 0.15) is 0 Å². The van der Waals surface area contributed by atoms with Crippen molar-refractivity contribution >= 4 is 6.21 Å². The molecule has 1 aliphatic rings. The molecule has 0 spiro atoms. The predicted molar refractivity (Wildman–Crippen MR) is 48.2 cm³/mol. The van der Waals surface area contributed by atoms with Crippen molar-refractivity contribution in [2.24, 2.45) is 0 Å². The van der Waals surface area contributed by atoms with Crippen LogP contribution in [0, 0.1) is 5.41 Å². The number of hydrogen-bond acceptors (Lipinski definition) is 2. The molecule has 1 N–H and O–H groups in total. The van der Waals surface area contributed by atoms with Gasteiger partial charge in [-0.1, -0.05) is 12.5 Å². The highest BCUT2D eigenvalue weighted by Gasteiger charge is 2.12. The van der Waals surface area contributed by atoms with Crippen LogP contribution in [0.25, 0.3) is 0 Å². The molecular formula is C9H16N2. The molecule has 0 aromatic carbocycles. The topological polar surface area (TPSA) is 27.1 Å². The Labute approximate surface area is 68.4 Å². The van der Waals surface area contributed by atoms with Crippen molar-refractivity contribution < 1.29 is 0 Å². The van der Waals surface area contributed by atoms with Crippen molar-refractivity contribution in [1.29, 1.82) is 5.41 Å². The molecule has 0 saturated carbocycles. The van der Waals surface area contributed by atoms with E-state index in [0.29, 0.717) is 0 Å². The van der Waals surface area contributed by atoms with Gasteiger partial charge in [-0.15, -0.1) is 0 Å². The average molecular weight is 152 g/mol. The summed E-state index contributed by atoms with van der Waals surface area (Å²) in [5.74, 6) is 0. The summed E-state index contributed by atoms with van der Waals surface area (Å²) in [5, 5.41) is 7.18. The van der Waals surface area contributed by atoms with Crippen LogP contribution in [-0.4, -0.2) is 30.7 Å². The van der Waals surface area contributed by atoms with Gasteiger partial charge in [0, 0.05) is 19.3 Å². The van der Waals surface area contributed by atoms with Crippen LogP contribution >= 0.6 is 0 Å². The van der Waals surface area contributed by atoms with E-state index in [1.807, 2.05) is 0 Å². The van der Waals surface area contributed by atoms with Crippen molar-refractivity contribution in [3.8, 4) is 0 Å². The Bertz CT molecular complexity index is 182. The zero-order chi connectivity index (χ0) is 8.27. The summed E-state index contributed by atoms with van der Waals surface area (Å²) in [5.41, 5.74) is 2.60. The summed E-state index contributed by atoms with van der Waals surface area (Å²) >= 11 is 0. The summed E-state index contributed by atoms with van der Waals surface area (Å²) in [6, 6.07) is 0. The van der Waals surface area contributed by atoms with Crippen LogP contribution < -0.4 is 0 Å². The molecular weight excluding hydrogens is 136 g/mol. The lowest BCUT2D eigenvalue weighted by molar-refractivity contribution is 0.306. The number of rotatable bonds is 2. The van der Waals surface area contributed by atoms with Gasteiger partial charge in [0.25, 0.3) is 0 Å². The lowest BCUT2D eigenvalue weighted by atomic mass is 10.0. The Morgan fingerprint density at radius 2 is 2.36 bits per heavy atom. The average Bonchev–Trinajstić information content (AvgIpc) is 2.05. The van der Waals surface area contributed by atoms with Crippen molar-refractivity contribution in [3.05, 3.63) is 11.1 Å². The molecule has 11 heavy (non-hydrogen) atoms. The minimum Gasteiger partial charge on any atom is -0.308 e. The summed E-state index contributed by atoms with van der Waals surface area (Å²) < 4.78 is 0. The lowest BCUT2D eigenvalue weighted by Crippen LogP contribution is -2.31. The van der Waals surface area contributed by atoms with Crippen LogP contribution in [0.1, 0.15) is 20.3 Å². The van der Waals surface area contributed by atoms with E-state index in [2.05, 4.69) is 18.7 Å². The molecule has 0 atom stereocenters. The minimum atomic E-state index is 0.978. The third-order valence-electron chi connectivity index (χ3n) is 2.37. The summed E-state index contributed by atoms with van der Waals surface area (Å²) in [4.78, 5) is 2.37. The highest BCUT2D eigenvalue weighted by atomic mass is 15.1. The van der Waals surface area contributed by atoms with Gasteiger partial charge in [-0.3, -0.25) is 4.90 Å². The first-order chi connectivity index (χ1) is 5.27. The molecule has 2 nitrogen and oxygen atoms in total. The molecule has 0 unspecified atom stereocenters. The first-order valence-corrected chi connectivity index (χ1v) is 4.19. The lowest BCUT2D eigenvalue weighted by Gasteiger charge is -2.26. The number of nitrogens with zero attached hydrogens (tertiary/aromatic N) is 1. The van der Waals surface area contributed by atoms with E-state index in [1.54, 1.807) is 0 Å². The molecule has 0 fully saturated rings. The zero-order valence-electron chi connectivity index (χ0n) is 7.35. The fourth-order valence-corrected chi connectivity index (χ4v) is 1.38. The molecule has 1 heterocycles. The third kappa shape index (κ3) is 1.90. The van der Waals surface area contributed by atoms with E-state index < -0.39 is 0 Å². The van der Waals surface area contributed by atoms with Gasteiger partial charge >= 0.3 is 0 Å². The van der Waals surface area contributed by atoms with Crippen LogP contribution in [0.3, 0.4) is 0 Å². The van der Waals surface area contributed by atoms with Crippen molar-refractivity contribution in [2.45, 2.75) is 20.3 Å². The van der Waals surface area contributed by atoms with Crippen LogP contribution in [-0.2, 0) is 0 Å². The summed E-state index contributed by atoms with van der Waals surface area (Å²) in [6.45, 7) is 7.55. The maximum absolute atomic E-state index is 7.18. The van der Waals surface area contributed by atoms with Crippen LogP contribution in [0.4, 0.5) is 0 Å². The molecule has 0 bridgehead atoms. The molecule has 0 aromatic heterocycles. The van der Waals surface area contributed by atoms with E-state index in [1.165, 1.54) is 23.9 Å². The van der Waals surface area contributed by atoms with Crippen molar-refractivity contribution in [2.75, 3.05) is 19.6 Å². The molecule has 62 valence electrons. The van der Waals surface area contributed by atoms with Crippen molar-refractivity contribution in [3.63, 3.8) is 0 Å². The molecule has 1 rings (SSSR count). The van der Waals surface area contributed by atoms with E-state index >= 15 is 0 Å². The SMILES string of the molecule is CCN1CCC(C)=C(C=N)C1. The summed E-state index contributed by atoms with van der Waals surface area (Å²) in [6.07, 6.45) is 2.63. The van der Waals surface area contributed by atoms with E-state index in [9.17, 15) is 0 Å². The maximum Gasteiger partial charge on any atom is 0.0248 e. The molecule has 2 heteroatoms. The third-order valence-corrected chi connectivity index (χ3v) is 2.37. The van der Waals surface area contributed by atoms with Crippen LogP contribution in [0.15, 0.2) is 11.1 Å². The maximum atomic E-state index is 7.18. The second kappa shape index (κ2) is 3.67. The largest absolute Gasteiger partial charge is 0.308 e. The molecule has 0 aliphatic carbocycles. The summed E-state index contributed by atoms with van der Waals surface area (Å²) in [7, 11) is 0. The Hall–Kier alpha value is -0.630. The zero-order valence-corrected chi connectivity index (χ0v) is 7.35. The van der Waals surface area contributed by atoms with Crippen molar-refractivity contribution in [1.82, 2.24) is 4.90 Å². The molecule has 0 saturated heterocycles. The van der Waals surface area contributed by atoms with Gasteiger partial charge in [0.15, 0.2) is 0 Å². The Morgan fingerprint density at radius 1 is 1.64 bits per heavy atom. The highest BCUT2D eigenvalue weighted by Crippen LogP contribution is 2.14. The molecule has 0 amide bonds. The van der Waals surface area contributed by atoms with Gasteiger partial charge < -0.3 is 5.41 Å². The second-order valence-corrected chi connectivity index (χ2v) is 3.07. The van der Waals surface area contributed by atoms with Gasteiger partial charge in [-0.25, -0.2) is 0 Å². The van der Waals surface area contributed by atoms with Gasteiger partial charge in [0.05, 0.1) is 0 Å². The number of likely N-dealkylation sites (N-methyl/N-ethyl adjacent to an activating group) is 1. The van der Waals surface area contributed by atoms with Crippen LogP contribution in [0.2, 0.25) is 0 Å². The molecule has 1 aliphatic heterocycles. The first kappa shape index (κ1) is 8.47. The quantitative estimate of drug-likeness (QED) is 0.599. The number of hydrogen-bond donors (Lipinski definition) is 1. The monoisotopic (exact) mass is 152 g/mol. The van der Waals surface area contributed by atoms with Gasteiger partial charge in [-0.05, 0) is 25.5 Å². The number of nitrogens with one attached hydrogen (secondary N) is 1. The van der Waals surface area contributed by atoms with Gasteiger partial charge in [-0.2, -0.15) is 0 Å². The van der Waals surface area contributed by atoms with E-state index in [4.69, 9.17) is 5.41 Å².